The first-order valence-electron chi connectivity index (χ1n) is 11.8. The number of aromatic nitrogens is 2. The fourth-order valence-corrected chi connectivity index (χ4v) is 4.54. The zero-order valence-corrected chi connectivity index (χ0v) is 19.9. The van der Waals surface area contributed by atoms with Gasteiger partial charge in [0.2, 0.25) is 0 Å². The highest BCUT2D eigenvalue weighted by atomic mass is 16.5. The molecule has 1 aliphatic rings. The quantitative estimate of drug-likeness (QED) is 0.495. The topological polar surface area (TPSA) is 105 Å². The summed E-state index contributed by atoms with van der Waals surface area (Å²) in [6.07, 6.45) is 3.97. The van der Waals surface area contributed by atoms with Crippen LogP contribution in [-0.2, 0) is 0 Å². The standard InChI is InChI=1S/C26H33N5O3/c1-19-8-9-22-24(29-19)23(10-13-28-22)31-14-4-11-26(33,18-31)17-30(2)25(32)20-6-3-7-21(16-20)34-15-5-12-27/h3,6-10,13,16,33H,4-5,11-12,14-15,17-18,27H2,1-2H3/t26-/m1/s1. The molecule has 8 heteroatoms. The fraction of sp³-hybridized carbons (Fsp3) is 0.423. The second-order valence-electron chi connectivity index (χ2n) is 9.08. The number of aliphatic hydroxyl groups is 1. The van der Waals surface area contributed by atoms with E-state index in [-0.39, 0.29) is 12.5 Å². The van der Waals surface area contributed by atoms with Crippen molar-refractivity contribution in [3.63, 3.8) is 0 Å². The molecule has 1 saturated heterocycles. The van der Waals surface area contributed by atoms with Gasteiger partial charge in [-0.25, -0.2) is 4.98 Å². The molecule has 1 aromatic carbocycles. The Labute approximate surface area is 200 Å². The Hall–Kier alpha value is -3.23. The molecule has 1 amide bonds. The van der Waals surface area contributed by atoms with Gasteiger partial charge in [-0.2, -0.15) is 0 Å². The van der Waals surface area contributed by atoms with Gasteiger partial charge in [0.25, 0.3) is 5.91 Å². The van der Waals surface area contributed by atoms with E-state index in [2.05, 4.69) is 9.88 Å². The zero-order chi connectivity index (χ0) is 24.1. The second kappa shape index (κ2) is 10.4. The summed E-state index contributed by atoms with van der Waals surface area (Å²) >= 11 is 0. The van der Waals surface area contributed by atoms with Gasteiger partial charge in [-0.05, 0) is 69.1 Å². The highest BCUT2D eigenvalue weighted by molar-refractivity contribution is 5.94. The number of carbonyl (C=O) groups excluding carboxylic acids is 1. The maximum absolute atomic E-state index is 13.1. The predicted octanol–water partition coefficient (Wildman–Crippen LogP) is 2.77. The minimum atomic E-state index is -1.03. The molecule has 1 fully saturated rings. The van der Waals surface area contributed by atoms with Gasteiger partial charge in [0.15, 0.2) is 0 Å². The predicted molar refractivity (Wildman–Crippen MR) is 133 cm³/mol. The van der Waals surface area contributed by atoms with Crippen LogP contribution in [0.5, 0.6) is 5.75 Å². The first-order valence-corrected chi connectivity index (χ1v) is 11.8. The Bertz CT molecular complexity index is 1150. The van der Waals surface area contributed by atoms with Crippen LogP contribution < -0.4 is 15.4 Å². The third-order valence-corrected chi connectivity index (χ3v) is 6.17. The van der Waals surface area contributed by atoms with E-state index in [1.54, 1.807) is 36.3 Å². The van der Waals surface area contributed by atoms with Crippen LogP contribution in [0.25, 0.3) is 11.0 Å². The number of fused-ring (bicyclic) bond motifs is 1. The lowest BCUT2D eigenvalue weighted by atomic mass is 9.91. The van der Waals surface area contributed by atoms with Crippen LogP contribution >= 0.6 is 0 Å². The molecule has 8 nitrogen and oxygen atoms in total. The Morgan fingerprint density at radius 2 is 2.15 bits per heavy atom. The smallest absolute Gasteiger partial charge is 0.253 e. The van der Waals surface area contributed by atoms with Gasteiger partial charge >= 0.3 is 0 Å². The summed E-state index contributed by atoms with van der Waals surface area (Å²) in [4.78, 5) is 26.0. The van der Waals surface area contributed by atoms with Gasteiger partial charge in [0.05, 0.1) is 30.0 Å². The van der Waals surface area contributed by atoms with Gasteiger partial charge in [-0.3, -0.25) is 9.78 Å². The minimum absolute atomic E-state index is 0.151. The van der Waals surface area contributed by atoms with Crippen LogP contribution in [0.15, 0.2) is 48.7 Å². The van der Waals surface area contributed by atoms with Crippen LogP contribution in [0.3, 0.4) is 0 Å². The Balaban J connectivity index is 1.47. The van der Waals surface area contributed by atoms with Crippen molar-refractivity contribution in [3.05, 3.63) is 59.9 Å². The summed E-state index contributed by atoms with van der Waals surface area (Å²) in [6.45, 7) is 4.50. The van der Waals surface area contributed by atoms with E-state index >= 15 is 0 Å². The van der Waals surface area contributed by atoms with Gasteiger partial charge in [0.1, 0.15) is 11.3 Å². The molecule has 0 saturated carbocycles. The summed E-state index contributed by atoms with van der Waals surface area (Å²) in [5, 5.41) is 11.5. The van der Waals surface area contributed by atoms with Crippen LogP contribution in [0.4, 0.5) is 5.69 Å². The van der Waals surface area contributed by atoms with E-state index in [1.807, 2.05) is 31.2 Å². The number of hydrogen-bond acceptors (Lipinski definition) is 7. The Morgan fingerprint density at radius 3 is 2.97 bits per heavy atom. The van der Waals surface area contributed by atoms with E-state index in [0.29, 0.717) is 37.4 Å². The van der Waals surface area contributed by atoms with Crippen molar-refractivity contribution in [2.75, 3.05) is 44.7 Å². The van der Waals surface area contributed by atoms with Crippen molar-refractivity contribution in [1.82, 2.24) is 14.9 Å². The fourth-order valence-electron chi connectivity index (χ4n) is 4.54. The molecular weight excluding hydrogens is 430 g/mol. The Morgan fingerprint density at radius 1 is 1.29 bits per heavy atom. The molecule has 2 aromatic heterocycles. The summed E-state index contributed by atoms with van der Waals surface area (Å²) in [7, 11) is 1.73. The Kier molecular flexibility index (Phi) is 7.29. The highest BCUT2D eigenvalue weighted by Gasteiger charge is 2.36. The number of pyridine rings is 2. The first kappa shape index (κ1) is 23.9. The number of hydrogen-bond donors (Lipinski definition) is 2. The van der Waals surface area contributed by atoms with Gasteiger partial charge in [-0.15, -0.1) is 0 Å². The number of amides is 1. The number of β-amino-alcohol motifs (C(OH)–C–C–N with tert-alkyl or cyclic N) is 1. The van der Waals surface area contributed by atoms with Crippen molar-refractivity contribution in [2.45, 2.75) is 31.8 Å². The van der Waals surface area contributed by atoms with Crippen molar-refractivity contribution in [1.29, 1.82) is 0 Å². The summed E-state index contributed by atoms with van der Waals surface area (Å²) in [5.41, 5.74) is 8.57. The minimum Gasteiger partial charge on any atom is -0.494 e. The molecule has 180 valence electrons. The molecule has 0 radical (unpaired) electrons. The number of likely N-dealkylation sites (N-methyl/N-ethyl adjacent to an activating group) is 1. The van der Waals surface area contributed by atoms with E-state index in [1.165, 1.54) is 0 Å². The van der Waals surface area contributed by atoms with Crippen molar-refractivity contribution < 1.29 is 14.6 Å². The lowest BCUT2D eigenvalue weighted by Gasteiger charge is -2.42. The molecule has 3 aromatic rings. The maximum atomic E-state index is 13.1. The summed E-state index contributed by atoms with van der Waals surface area (Å²) in [5.74, 6) is 0.490. The van der Waals surface area contributed by atoms with Gasteiger partial charge < -0.3 is 25.4 Å². The van der Waals surface area contributed by atoms with Crippen LogP contribution in [0.1, 0.15) is 35.3 Å². The number of carbonyl (C=O) groups is 1. The molecule has 4 rings (SSSR count). The van der Waals surface area contributed by atoms with Crippen LogP contribution in [0, 0.1) is 6.92 Å². The zero-order valence-electron chi connectivity index (χ0n) is 19.9. The number of anilines is 1. The third-order valence-electron chi connectivity index (χ3n) is 6.17. The number of ether oxygens (including phenoxy) is 1. The monoisotopic (exact) mass is 463 g/mol. The summed E-state index contributed by atoms with van der Waals surface area (Å²) in [6, 6.07) is 13.0. The number of benzene rings is 1. The molecule has 3 N–H and O–H groups in total. The van der Waals surface area contributed by atoms with Gasteiger partial charge in [0, 0.05) is 37.6 Å². The third kappa shape index (κ3) is 5.46. The highest BCUT2D eigenvalue weighted by Crippen LogP contribution is 2.31. The molecule has 0 spiro atoms. The molecule has 1 aliphatic heterocycles. The molecule has 0 bridgehead atoms. The molecule has 0 aliphatic carbocycles. The molecule has 1 atom stereocenters. The van der Waals surface area contributed by atoms with Crippen LogP contribution in [0.2, 0.25) is 0 Å². The van der Waals surface area contributed by atoms with E-state index in [4.69, 9.17) is 15.5 Å². The molecular formula is C26H33N5O3. The second-order valence-corrected chi connectivity index (χ2v) is 9.08. The molecule has 3 heterocycles. The van der Waals surface area contributed by atoms with Crippen molar-refractivity contribution >= 4 is 22.6 Å². The molecule has 0 unspecified atom stereocenters. The van der Waals surface area contributed by atoms with Crippen LogP contribution in [-0.4, -0.2) is 71.3 Å². The summed E-state index contributed by atoms with van der Waals surface area (Å²) < 4.78 is 5.68. The number of aryl methyl sites for hydroxylation is 1. The number of rotatable bonds is 8. The SMILES string of the molecule is Cc1ccc2nccc(N3CCC[C@@](O)(CN(C)C(=O)c4cccc(OCCCN)c4)C3)c2n1. The lowest BCUT2D eigenvalue weighted by Crippen LogP contribution is -2.54. The van der Waals surface area contributed by atoms with E-state index in [9.17, 15) is 9.90 Å². The number of piperidine rings is 1. The lowest BCUT2D eigenvalue weighted by molar-refractivity contribution is 0.0000577. The normalized spacial score (nSPS) is 18.2. The molecule has 34 heavy (non-hydrogen) atoms. The van der Waals surface area contributed by atoms with Gasteiger partial charge in [-0.1, -0.05) is 6.07 Å². The largest absolute Gasteiger partial charge is 0.494 e. The van der Waals surface area contributed by atoms with Crippen molar-refractivity contribution in [2.24, 2.45) is 5.73 Å². The van der Waals surface area contributed by atoms with E-state index < -0.39 is 5.60 Å². The first-order chi connectivity index (χ1) is 16.4. The number of nitrogens with two attached hydrogens (primary N) is 1. The average molecular weight is 464 g/mol. The van der Waals surface area contributed by atoms with Crippen molar-refractivity contribution in [3.8, 4) is 5.75 Å². The van der Waals surface area contributed by atoms with E-state index in [0.717, 1.165) is 41.8 Å². The average Bonchev–Trinajstić information content (AvgIpc) is 2.83. The maximum Gasteiger partial charge on any atom is 0.253 e. The number of nitrogens with zero attached hydrogens (tertiary/aromatic N) is 4.